The molecule has 0 radical (unpaired) electrons. The van der Waals surface area contributed by atoms with Crippen molar-refractivity contribution in [2.75, 3.05) is 33.2 Å². The molecule has 0 spiro atoms. The van der Waals surface area contributed by atoms with Crippen molar-refractivity contribution in [1.29, 1.82) is 0 Å². The number of piperidine rings is 2. The first kappa shape index (κ1) is 24.9. The third-order valence-electron chi connectivity index (χ3n) is 6.24. The number of aliphatic imine (C=N–C) groups is 1. The number of primary amides is 1. The van der Waals surface area contributed by atoms with E-state index in [2.05, 4.69) is 51.3 Å². The van der Waals surface area contributed by atoms with E-state index in [-0.39, 0.29) is 29.9 Å². The number of benzene rings is 1. The zero-order valence-corrected chi connectivity index (χ0v) is 20.8. The minimum atomic E-state index is -0.209. The second-order valence-electron chi connectivity index (χ2n) is 8.80. The van der Waals surface area contributed by atoms with E-state index >= 15 is 0 Å². The molecular formula is C23H38IN5O. The summed E-state index contributed by atoms with van der Waals surface area (Å²) in [5, 5.41) is 3.51. The number of carbonyl (C=O) groups is 1. The Morgan fingerprint density at radius 3 is 2.63 bits per heavy atom. The van der Waals surface area contributed by atoms with E-state index in [4.69, 9.17) is 5.73 Å². The predicted molar refractivity (Wildman–Crippen MR) is 134 cm³/mol. The molecule has 1 aromatic rings. The zero-order valence-electron chi connectivity index (χ0n) is 18.5. The first-order valence-corrected chi connectivity index (χ1v) is 11.1. The molecule has 3 rings (SSSR count). The molecule has 1 amide bonds. The van der Waals surface area contributed by atoms with E-state index in [0.29, 0.717) is 12.3 Å². The van der Waals surface area contributed by atoms with Crippen molar-refractivity contribution >= 4 is 35.8 Å². The van der Waals surface area contributed by atoms with Gasteiger partial charge in [0.25, 0.3) is 0 Å². The summed E-state index contributed by atoms with van der Waals surface area (Å²) in [7, 11) is 1.83. The van der Waals surface area contributed by atoms with Crippen molar-refractivity contribution in [1.82, 2.24) is 15.1 Å². The van der Waals surface area contributed by atoms with Crippen LogP contribution in [0.3, 0.4) is 0 Å². The zero-order chi connectivity index (χ0) is 20.6. The molecule has 0 bridgehead atoms. The van der Waals surface area contributed by atoms with Crippen molar-refractivity contribution in [3.63, 3.8) is 0 Å². The van der Waals surface area contributed by atoms with E-state index in [1.807, 2.05) is 7.05 Å². The number of carbonyl (C=O) groups excluding carboxylic acids is 1. The Labute approximate surface area is 198 Å². The number of rotatable bonds is 6. The summed E-state index contributed by atoms with van der Waals surface area (Å²) in [6.45, 7) is 8.38. The van der Waals surface area contributed by atoms with Crippen LogP contribution in [0.5, 0.6) is 0 Å². The van der Waals surface area contributed by atoms with Crippen LogP contribution in [0, 0.1) is 11.8 Å². The van der Waals surface area contributed by atoms with E-state index in [0.717, 1.165) is 50.9 Å². The van der Waals surface area contributed by atoms with Gasteiger partial charge in [-0.3, -0.25) is 14.7 Å². The fourth-order valence-electron chi connectivity index (χ4n) is 4.54. The van der Waals surface area contributed by atoms with Gasteiger partial charge in [0.2, 0.25) is 5.91 Å². The van der Waals surface area contributed by atoms with Crippen molar-refractivity contribution in [3.8, 4) is 0 Å². The summed E-state index contributed by atoms with van der Waals surface area (Å²) >= 11 is 0. The third-order valence-corrected chi connectivity index (χ3v) is 6.24. The SMILES string of the molecule is CN=C(NCc1cccc(CN2CCC(C)CC2)c1)N1CCCC(CC(N)=O)C1.I. The molecule has 0 aromatic heterocycles. The van der Waals surface area contributed by atoms with E-state index in [1.54, 1.807) is 0 Å². The molecule has 3 N–H and O–H groups in total. The van der Waals surface area contributed by atoms with Gasteiger partial charge in [-0.05, 0) is 61.7 Å². The maximum absolute atomic E-state index is 11.3. The van der Waals surface area contributed by atoms with Gasteiger partial charge in [0.05, 0.1) is 0 Å². The van der Waals surface area contributed by atoms with Crippen LogP contribution in [0.25, 0.3) is 0 Å². The number of nitrogens with zero attached hydrogens (tertiary/aromatic N) is 3. The Bertz CT molecular complexity index is 703. The van der Waals surface area contributed by atoms with E-state index < -0.39 is 0 Å². The highest BCUT2D eigenvalue weighted by Gasteiger charge is 2.23. The lowest BCUT2D eigenvalue weighted by Crippen LogP contribution is -2.46. The van der Waals surface area contributed by atoms with E-state index in [1.165, 1.54) is 37.1 Å². The minimum Gasteiger partial charge on any atom is -0.370 e. The van der Waals surface area contributed by atoms with Crippen molar-refractivity contribution in [2.45, 2.75) is 52.1 Å². The topological polar surface area (TPSA) is 74.0 Å². The average Bonchev–Trinajstić information content (AvgIpc) is 2.70. The van der Waals surface area contributed by atoms with Crippen LogP contribution in [0.1, 0.15) is 50.2 Å². The Morgan fingerprint density at radius 2 is 1.93 bits per heavy atom. The fraction of sp³-hybridized carbons (Fsp3) is 0.652. The molecule has 1 unspecified atom stereocenters. The molecule has 6 nitrogen and oxygen atoms in total. The third kappa shape index (κ3) is 7.72. The number of amides is 1. The van der Waals surface area contributed by atoms with Crippen LogP contribution in [0.4, 0.5) is 0 Å². The lowest BCUT2D eigenvalue weighted by atomic mass is 9.95. The number of hydrogen-bond donors (Lipinski definition) is 2. The molecule has 0 saturated carbocycles. The van der Waals surface area contributed by atoms with Crippen molar-refractivity contribution < 1.29 is 4.79 Å². The molecule has 168 valence electrons. The Balaban J connectivity index is 0.00000320. The Kier molecular flexibility index (Phi) is 10.4. The predicted octanol–water partition coefficient (Wildman–Crippen LogP) is 3.20. The summed E-state index contributed by atoms with van der Waals surface area (Å²) < 4.78 is 0. The van der Waals surface area contributed by atoms with E-state index in [9.17, 15) is 4.79 Å². The lowest BCUT2D eigenvalue weighted by Gasteiger charge is -2.34. The summed E-state index contributed by atoms with van der Waals surface area (Å²) in [5.74, 6) is 1.90. The molecule has 1 atom stereocenters. The number of hydrogen-bond acceptors (Lipinski definition) is 3. The van der Waals surface area contributed by atoms with Crippen LogP contribution >= 0.6 is 24.0 Å². The van der Waals surface area contributed by atoms with Gasteiger partial charge in [-0.2, -0.15) is 0 Å². The first-order valence-electron chi connectivity index (χ1n) is 11.1. The standard InChI is InChI=1S/C23H37N5O.HI/c1-18-8-11-27(12-9-18)16-20-6-3-5-19(13-20)15-26-23(25-2)28-10-4-7-21(17-28)14-22(24)29;/h3,5-6,13,18,21H,4,7-12,14-17H2,1-2H3,(H2,24,29)(H,25,26);1H. The summed E-state index contributed by atoms with van der Waals surface area (Å²) in [4.78, 5) is 20.6. The van der Waals surface area contributed by atoms with Gasteiger partial charge >= 0.3 is 0 Å². The van der Waals surface area contributed by atoms with Crippen LogP contribution < -0.4 is 11.1 Å². The van der Waals surface area contributed by atoms with Gasteiger partial charge in [-0.15, -0.1) is 24.0 Å². The van der Waals surface area contributed by atoms with Gasteiger partial charge < -0.3 is 16.0 Å². The largest absolute Gasteiger partial charge is 0.370 e. The van der Waals surface area contributed by atoms with Gasteiger partial charge in [0.15, 0.2) is 5.96 Å². The quantitative estimate of drug-likeness (QED) is 0.339. The van der Waals surface area contributed by atoms with Crippen molar-refractivity contribution in [3.05, 3.63) is 35.4 Å². The number of nitrogens with one attached hydrogen (secondary N) is 1. The molecule has 2 saturated heterocycles. The molecule has 30 heavy (non-hydrogen) atoms. The molecule has 2 fully saturated rings. The first-order chi connectivity index (χ1) is 14.0. The van der Waals surface area contributed by atoms with Crippen LogP contribution in [0.2, 0.25) is 0 Å². The summed E-state index contributed by atoms with van der Waals surface area (Å²) in [6, 6.07) is 8.87. The van der Waals surface area contributed by atoms with Gasteiger partial charge in [0, 0.05) is 39.6 Å². The number of likely N-dealkylation sites (tertiary alicyclic amines) is 2. The maximum atomic E-state index is 11.3. The fourth-order valence-corrected chi connectivity index (χ4v) is 4.54. The second-order valence-corrected chi connectivity index (χ2v) is 8.80. The smallest absolute Gasteiger partial charge is 0.217 e. The molecule has 2 aliphatic rings. The Hall–Kier alpha value is -1.35. The highest BCUT2D eigenvalue weighted by molar-refractivity contribution is 14.0. The van der Waals surface area contributed by atoms with Gasteiger partial charge in [-0.25, -0.2) is 0 Å². The van der Waals surface area contributed by atoms with Crippen molar-refractivity contribution in [2.24, 2.45) is 22.6 Å². The second kappa shape index (κ2) is 12.5. The molecule has 0 aliphatic carbocycles. The highest BCUT2D eigenvalue weighted by Crippen LogP contribution is 2.20. The summed E-state index contributed by atoms with van der Waals surface area (Å²) in [6.07, 6.45) is 5.22. The minimum absolute atomic E-state index is 0. The Morgan fingerprint density at radius 1 is 1.20 bits per heavy atom. The molecular weight excluding hydrogens is 489 g/mol. The van der Waals surface area contributed by atoms with Gasteiger partial charge in [0.1, 0.15) is 0 Å². The molecule has 1 aromatic carbocycles. The number of nitrogens with two attached hydrogens (primary N) is 1. The molecule has 7 heteroatoms. The van der Waals surface area contributed by atoms with Crippen LogP contribution in [-0.4, -0.2) is 54.9 Å². The monoisotopic (exact) mass is 527 g/mol. The lowest BCUT2D eigenvalue weighted by molar-refractivity contribution is -0.119. The van der Waals surface area contributed by atoms with Crippen LogP contribution in [0.15, 0.2) is 29.3 Å². The average molecular weight is 527 g/mol. The number of halogens is 1. The maximum Gasteiger partial charge on any atom is 0.217 e. The molecule has 2 aliphatic heterocycles. The van der Waals surface area contributed by atoms with Gasteiger partial charge in [-0.1, -0.05) is 31.2 Å². The normalized spacial score (nSPS) is 21.2. The highest BCUT2D eigenvalue weighted by atomic mass is 127. The number of guanidine groups is 1. The van der Waals surface area contributed by atoms with Crippen LogP contribution in [-0.2, 0) is 17.9 Å². The summed E-state index contributed by atoms with van der Waals surface area (Å²) in [5.41, 5.74) is 8.05. The molecule has 2 heterocycles.